The maximum atomic E-state index is 12.7. The number of halogens is 3. The van der Waals surface area contributed by atoms with Gasteiger partial charge in [-0.25, -0.2) is 4.98 Å². The molecular formula is C16H13F3N4O2S. The van der Waals surface area contributed by atoms with Crippen molar-refractivity contribution in [2.45, 2.75) is 24.9 Å². The predicted octanol–water partition coefficient (Wildman–Crippen LogP) is 3.40. The second-order valence-electron chi connectivity index (χ2n) is 6.40. The fourth-order valence-electron chi connectivity index (χ4n) is 3.51. The Labute approximate surface area is 149 Å². The van der Waals surface area contributed by atoms with E-state index in [4.69, 9.17) is 4.42 Å². The maximum absolute atomic E-state index is 12.7. The topological polar surface area (TPSA) is 63.4 Å². The Morgan fingerprint density at radius 3 is 2.69 bits per heavy atom. The Bertz CT molecular complexity index is 940. The van der Waals surface area contributed by atoms with E-state index in [2.05, 4.69) is 20.0 Å². The van der Waals surface area contributed by atoms with Gasteiger partial charge in [0.15, 0.2) is 5.58 Å². The van der Waals surface area contributed by atoms with Crippen molar-refractivity contribution in [2.24, 2.45) is 0 Å². The second kappa shape index (κ2) is 5.58. The number of alkyl halides is 3. The van der Waals surface area contributed by atoms with Crippen LogP contribution in [0.5, 0.6) is 5.75 Å². The van der Waals surface area contributed by atoms with Crippen LogP contribution in [0.25, 0.3) is 21.7 Å². The van der Waals surface area contributed by atoms with Crippen LogP contribution >= 0.6 is 11.3 Å². The lowest BCUT2D eigenvalue weighted by molar-refractivity contribution is -0.274. The summed E-state index contributed by atoms with van der Waals surface area (Å²) in [6, 6.07) is 3.77. The molecule has 26 heavy (non-hydrogen) atoms. The van der Waals surface area contributed by atoms with E-state index >= 15 is 0 Å². The summed E-state index contributed by atoms with van der Waals surface area (Å²) < 4.78 is 48.0. The van der Waals surface area contributed by atoms with Gasteiger partial charge in [-0.2, -0.15) is 4.98 Å². The summed E-state index contributed by atoms with van der Waals surface area (Å²) in [6.45, 7) is 1.53. The van der Waals surface area contributed by atoms with Gasteiger partial charge in [-0.15, -0.1) is 24.5 Å². The third-order valence-electron chi connectivity index (χ3n) is 4.54. The first-order valence-electron chi connectivity index (χ1n) is 8.06. The first kappa shape index (κ1) is 15.9. The van der Waals surface area contributed by atoms with E-state index in [1.165, 1.54) is 23.5 Å². The number of benzene rings is 1. The van der Waals surface area contributed by atoms with Crippen LogP contribution in [0.2, 0.25) is 0 Å². The largest absolute Gasteiger partial charge is 0.573 e. The molecule has 3 aliphatic heterocycles. The number of hydrogen-bond acceptors (Lipinski definition) is 7. The third kappa shape index (κ3) is 2.78. The molecule has 2 bridgehead atoms. The number of rotatable bonds is 3. The van der Waals surface area contributed by atoms with E-state index in [9.17, 15) is 13.2 Å². The molecule has 6 nitrogen and oxygen atoms in total. The fraction of sp³-hybridized carbons (Fsp3) is 0.375. The summed E-state index contributed by atoms with van der Waals surface area (Å²) in [7, 11) is 0. The summed E-state index contributed by atoms with van der Waals surface area (Å²) in [5, 5.41) is 5.72. The lowest BCUT2D eigenvalue weighted by Crippen LogP contribution is -2.67. The SMILES string of the molecule is FC(F)(F)Oc1cc(-c2nccs2)c2oc(N3CC4CC(C3)N4)nc2c1. The van der Waals surface area contributed by atoms with Crippen molar-refractivity contribution in [1.29, 1.82) is 0 Å². The number of piperidine rings is 1. The van der Waals surface area contributed by atoms with E-state index in [0.717, 1.165) is 19.5 Å². The van der Waals surface area contributed by atoms with Gasteiger partial charge in [-0.05, 0) is 12.5 Å². The fourth-order valence-corrected chi connectivity index (χ4v) is 4.16. The van der Waals surface area contributed by atoms with Crippen LogP contribution in [-0.2, 0) is 0 Å². The van der Waals surface area contributed by atoms with E-state index in [0.29, 0.717) is 39.8 Å². The smallest absolute Gasteiger partial charge is 0.423 e. The molecule has 6 rings (SSSR count). The van der Waals surface area contributed by atoms with E-state index < -0.39 is 6.36 Å². The number of fused-ring (bicyclic) bond motifs is 3. The van der Waals surface area contributed by atoms with Crippen molar-refractivity contribution in [3.63, 3.8) is 0 Å². The number of hydrogen-bond donors (Lipinski definition) is 1. The average Bonchev–Trinajstić information content (AvgIpc) is 3.21. The standard InChI is InChI=1S/C16H13F3N4O2S/c17-16(18,19)25-10-4-11(14-20-1-2-26-14)13-12(5-10)22-15(24-13)23-6-8-3-9(7-23)21-8/h1-2,4-5,8-9,21H,3,6-7H2. The van der Waals surface area contributed by atoms with Crippen LogP contribution < -0.4 is 15.0 Å². The third-order valence-corrected chi connectivity index (χ3v) is 5.35. The van der Waals surface area contributed by atoms with Crippen molar-refractivity contribution in [3.8, 4) is 16.3 Å². The minimum Gasteiger partial charge on any atom is -0.423 e. The van der Waals surface area contributed by atoms with Gasteiger partial charge in [-0.1, -0.05) is 0 Å². The summed E-state index contributed by atoms with van der Waals surface area (Å²) in [4.78, 5) is 10.6. The highest BCUT2D eigenvalue weighted by Crippen LogP contribution is 2.38. The minimum absolute atomic E-state index is 0.319. The highest BCUT2D eigenvalue weighted by molar-refractivity contribution is 7.13. The molecule has 0 radical (unpaired) electrons. The normalized spacial score (nSPS) is 22.5. The van der Waals surface area contributed by atoms with Gasteiger partial charge in [0.25, 0.3) is 6.01 Å². The number of oxazole rings is 1. The number of nitrogens with one attached hydrogen (secondary N) is 1. The van der Waals surface area contributed by atoms with Crippen molar-refractivity contribution in [1.82, 2.24) is 15.3 Å². The molecule has 0 spiro atoms. The van der Waals surface area contributed by atoms with Crippen LogP contribution in [0.4, 0.5) is 19.2 Å². The molecule has 2 unspecified atom stereocenters. The molecule has 136 valence electrons. The van der Waals surface area contributed by atoms with Gasteiger partial charge in [0.2, 0.25) is 0 Å². The summed E-state index contributed by atoms with van der Waals surface area (Å²) in [5.41, 5.74) is 1.17. The van der Waals surface area contributed by atoms with Gasteiger partial charge in [-0.3, -0.25) is 0 Å². The maximum Gasteiger partial charge on any atom is 0.573 e. The Kier molecular flexibility index (Phi) is 3.41. The first-order chi connectivity index (χ1) is 12.4. The summed E-state index contributed by atoms with van der Waals surface area (Å²) >= 11 is 1.31. The van der Waals surface area contributed by atoms with E-state index in [1.54, 1.807) is 11.6 Å². The molecule has 1 aromatic carbocycles. The van der Waals surface area contributed by atoms with Crippen LogP contribution in [0.1, 0.15) is 6.42 Å². The molecule has 0 saturated carbocycles. The van der Waals surface area contributed by atoms with Gasteiger partial charge in [0.1, 0.15) is 16.3 Å². The number of ether oxygens (including phenoxy) is 1. The molecule has 0 amide bonds. The zero-order valence-corrected chi connectivity index (χ0v) is 14.1. The number of nitrogens with zero attached hydrogens (tertiary/aromatic N) is 3. The number of anilines is 1. The highest BCUT2D eigenvalue weighted by atomic mass is 32.1. The van der Waals surface area contributed by atoms with E-state index in [1.807, 2.05) is 4.90 Å². The van der Waals surface area contributed by atoms with Crippen molar-refractivity contribution >= 4 is 28.5 Å². The van der Waals surface area contributed by atoms with Gasteiger partial charge in [0, 0.05) is 42.8 Å². The number of piperazine rings is 1. The van der Waals surface area contributed by atoms with Crippen molar-refractivity contribution < 1.29 is 22.3 Å². The van der Waals surface area contributed by atoms with Gasteiger partial charge < -0.3 is 19.4 Å². The minimum atomic E-state index is -4.78. The van der Waals surface area contributed by atoms with Crippen molar-refractivity contribution in [2.75, 3.05) is 18.0 Å². The highest BCUT2D eigenvalue weighted by Gasteiger charge is 2.38. The molecule has 3 aromatic rings. The molecule has 5 heterocycles. The number of aromatic nitrogens is 2. The molecule has 3 fully saturated rings. The monoisotopic (exact) mass is 382 g/mol. The van der Waals surface area contributed by atoms with Crippen LogP contribution in [0.3, 0.4) is 0 Å². The van der Waals surface area contributed by atoms with Crippen LogP contribution in [-0.4, -0.2) is 41.5 Å². The molecule has 3 aliphatic rings. The van der Waals surface area contributed by atoms with E-state index in [-0.39, 0.29) is 5.75 Å². The average molecular weight is 382 g/mol. The summed E-state index contributed by atoms with van der Waals surface area (Å²) in [6.07, 6.45) is -2.06. The number of thiazole rings is 1. The Morgan fingerprint density at radius 2 is 2.04 bits per heavy atom. The van der Waals surface area contributed by atoms with Gasteiger partial charge in [0.05, 0.1) is 5.56 Å². The Hall–Kier alpha value is -2.33. The molecule has 0 aliphatic carbocycles. The Morgan fingerprint density at radius 1 is 1.27 bits per heavy atom. The van der Waals surface area contributed by atoms with Crippen molar-refractivity contribution in [3.05, 3.63) is 23.7 Å². The molecule has 1 N–H and O–H groups in total. The predicted molar refractivity (Wildman–Crippen MR) is 89.3 cm³/mol. The zero-order valence-electron chi connectivity index (χ0n) is 13.3. The Balaban J connectivity index is 1.59. The summed E-state index contributed by atoms with van der Waals surface area (Å²) in [5.74, 6) is -0.335. The lowest BCUT2D eigenvalue weighted by atomic mass is 9.92. The second-order valence-corrected chi connectivity index (χ2v) is 7.30. The first-order valence-corrected chi connectivity index (χ1v) is 8.94. The van der Waals surface area contributed by atoms with Gasteiger partial charge >= 0.3 is 6.36 Å². The van der Waals surface area contributed by atoms with Crippen LogP contribution in [0, 0.1) is 0 Å². The lowest BCUT2D eigenvalue weighted by Gasteiger charge is -2.47. The quantitative estimate of drug-likeness (QED) is 0.749. The van der Waals surface area contributed by atoms with Crippen LogP contribution in [0.15, 0.2) is 28.1 Å². The molecule has 2 aromatic heterocycles. The zero-order chi connectivity index (χ0) is 17.9. The molecule has 2 atom stereocenters. The molecular weight excluding hydrogens is 369 g/mol. The molecule has 3 saturated heterocycles. The molecule has 10 heteroatoms.